The second-order valence-corrected chi connectivity index (χ2v) is 9.71. The van der Waals surface area contributed by atoms with Crippen LogP contribution in [0.15, 0.2) is 58.0 Å². The van der Waals surface area contributed by atoms with Gasteiger partial charge in [-0.1, -0.05) is 24.3 Å². The Morgan fingerprint density at radius 2 is 2.05 bits per heavy atom. The number of halogens is 1. The van der Waals surface area contributed by atoms with Crippen LogP contribution in [0.2, 0.25) is 0 Å². The number of likely N-dealkylation sites (tertiary alicyclic amines) is 1. The van der Waals surface area contributed by atoms with Gasteiger partial charge < -0.3 is 14.1 Å². The molecule has 0 N–H and O–H groups in total. The van der Waals surface area contributed by atoms with Crippen LogP contribution in [0, 0.1) is 18.3 Å². The number of piperidine rings is 1. The van der Waals surface area contributed by atoms with E-state index in [1.54, 1.807) is 41.1 Å². The van der Waals surface area contributed by atoms with E-state index in [1.165, 1.54) is 23.7 Å². The van der Waals surface area contributed by atoms with Crippen LogP contribution >= 0.6 is 0 Å². The minimum absolute atomic E-state index is 0.195. The zero-order valence-corrected chi connectivity index (χ0v) is 21.0. The topological polar surface area (TPSA) is 82.2 Å². The van der Waals surface area contributed by atoms with Crippen LogP contribution in [0.5, 0.6) is 6.01 Å². The van der Waals surface area contributed by atoms with Gasteiger partial charge in [-0.3, -0.25) is 8.97 Å². The molecule has 1 fully saturated rings. The zero-order chi connectivity index (χ0) is 26.4. The van der Waals surface area contributed by atoms with E-state index in [1.807, 2.05) is 0 Å². The summed E-state index contributed by atoms with van der Waals surface area (Å²) in [6, 6.07) is 10.1. The summed E-state index contributed by atoms with van der Waals surface area (Å²) in [7, 11) is 3.64. The van der Waals surface area contributed by atoms with Gasteiger partial charge in [0, 0.05) is 43.5 Å². The van der Waals surface area contributed by atoms with E-state index in [9.17, 15) is 4.79 Å². The van der Waals surface area contributed by atoms with Crippen LogP contribution in [-0.2, 0) is 7.05 Å². The van der Waals surface area contributed by atoms with Crippen molar-refractivity contribution in [1.82, 2.24) is 23.8 Å². The van der Waals surface area contributed by atoms with Crippen molar-refractivity contribution in [3.8, 4) is 28.4 Å². The largest absolute Gasteiger partial charge is 0.464 e. The van der Waals surface area contributed by atoms with Crippen molar-refractivity contribution in [3.63, 3.8) is 0 Å². The number of hydrogen-bond donors (Lipinski definition) is 0. The Bertz CT molecular complexity index is 1760. The average molecular weight is 513 g/mol. The molecule has 0 saturated carbocycles. The smallest absolute Gasteiger partial charge is 0.419 e. The first-order valence-electron chi connectivity index (χ1n) is 12.4. The molecule has 0 unspecified atom stereocenters. The highest BCUT2D eigenvalue weighted by Crippen LogP contribution is 2.39. The number of nitrogens with zero attached hydrogens (tertiary/aromatic N) is 6. The van der Waals surface area contributed by atoms with Gasteiger partial charge in [0.25, 0.3) is 0 Å². The Balaban J connectivity index is 1.54. The van der Waals surface area contributed by atoms with Crippen LogP contribution in [0.3, 0.4) is 0 Å². The molecule has 1 aliphatic heterocycles. The molecule has 1 saturated heterocycles. The minimum Gasteiger partial charge on any atom is -0.464 e. The van der Waals surface area contributed by atoms with Crippen molar-refractivity contribution in [1.29, 1.82) is 0 Å². The second-order valence-electron chi connectivity index (χ2n) is 9.71. The van der Waals surface area contributed by atoms with Crippen molar-refractivity contribution < 1.29 is 13.5 Å². The van der Waals surface area contributed by atoms with Crippen LogP contribution in [0.25, 0.3) is 44.0 Å². The number of imidazole rings is 1. The fraction of sp³-hybridized carbons (Fsp3) is 0.286. The van der Waals surface area contributed by atoms with Gasteiger partial charge in [0.1, 0.15) is 5.82 Å². The quantitative estimate of drug-likeness (QED) is 0.311. The number of hydrogen-bond acceptors (Lipinski definition) is 6. The lowest BCUT2D eigenvalue weighted by Gasteiger charge is -2.29. The number of rotatable bonds is 5. The maximum Gasteiger partial charge on any atom is 0.419 e. The van der Waals surface area contributed by atoms with Gasteiger partial charge in [0.15, 0.2) is 16.9 Å². The number of aryl methyl sites for hydroxylation is 1. The van der Waals surface area contributed by atoms with E-state index in [-0.39, 0.29) is 11.1 Å². The van der Waals surface area contributed by atoms with E-state index in [0.29, 0.717) is 52.2 Å². The van der Waals surface area contributed by atoms with E-state index in [0.717, 1.165) is 25.9 Å². The number of aromatic nitrogens is 4. The monoisotopic (exact) mass is 512 g/mol. The molecule has 192 valence electrons. The van der Waals surface area contributed by atoms with Gasteiger partial charge in [0.05, 0.1) is 30.0 Å². The highest BCUT2D eigenvalue weighted by atomic mass is 19.1. The molecule has 0 bridgehead atoms. The summed E-state index contributed by atoms with van der Waals surface area (Å²) >= 11 is 0. The van der Waals surface area contributed by atoms with Gasteiger partial charge in [-0.15, -0.1) is 0 Å². The lowest BCUT2D eigenvalue weighted by Crippen LogP contribution is -2.35. The van der Waals surface area contributed by atoms with Crippen LogP contribution in [0.4, 0.5) is 10.1 Å². The molecule has 4 heterocycles. The first-order valence-corrected chi connectivity index (χ1v) is 12.4. The molecule has 0 spiro atoms. The Kier molecular flexibility index (Phi) is 5.93. The lowest BCUT2D eigenvalue weighted by atomic mass is 9.99. The van der Waals surface area contributed by atoms with Gasteiger partial charge in [-0.25, -0.2) is 19.0 Å². The predicted molar refractivity (Wildman–Crippen MR) is 141 cm³/mol. The van der Waals surface area contributed by atoms with Gasteiger partial charge >= 0.3 is 11.8 Å². The highest BCUT2D eigenvalue weighted by molar-refractivity contribution is 5.93. The van der Waals surface area contributed by atoms with Crippen LogP contribution in [0.1, 0.15) is 12.8 Å². The molecule has 0 amide bonds. The minimum atomic E-state index is -0.576. The molecule has 1 atom stereocenters. The predicted octanol–water partition coefficient (Wildman–Crippen LogP) is 4.92. The van der Waals surface area contributed by atoms with Crippen molar-refractivity contribution in [2.45, 2.75) is 12.8 Å². The molecule has 10 heteroatoms. The Morgan fingerprint density at radius 1 is 1.24 bits per heavy atom. The molecule has 6 rings (SSSR count). The molecule has 0 aliphatic carbocycles. The van der Waals surface area contributed by atoms with Gasteiger partial charge in [-0.2, -0.15) is 4.98 Å². The highest BCUT2D eigenvalue weighted by Gasteiger charge is 2.24. The SMILES string of the molecule is [C-]#[N+]c1ccc(-c2nc(OC[C@@H]3CCCN(C)C3)n3ccnc3c2-c2cc3oc(=O)n(C)c3cc2F)cc1. The summed E-state index contributed by atoms with van der Waals surface area (Å²) in [6.07, 6.45) is 5.55. The number of oxazole rings is 1. The Morgan fingerprint density at radius 3 is 2.82 bits per heavy atom. The maximum absolute atomic E-state index is 15.7. The normalized spacial score (nSPS) is 16.2. The number of benzene rings is 2. The third-order valence-corrected chi connectivity index (χ3v) is 7.11. The maximum atomic E-state index is 15.7. The molecule has 2 aromatic carbocycles. The summed E-state index contributed by atoms with van der Waals surface area (Å²) in [5, 5.41) is 0. The summed E-state index contributed by atoms with van der Waals surface area (Å²) in [6.45, 7) is 9.82. The van der Waals surface area contributed by atoms with Gasteiger partial charge in [0.2, 0.25) is 0 Å². The summed E-state index contributed by atoms with van der Waals surface area (Å²) in [4.78, 5) is 27.3. The van der Waals surface area contributed by atoms with E-state index < -0.39 is 11.6 Å². The fourth-order valence-corrected chi connectivity index (χ4v) is 5.15. The van der Waals surface area contributed by atoms with Crippen molar-refractivity contribution in [2.24, 2.45) is 13.0 Å². The third kappa shape index (κ3) is 4.11. The molecular weight excluding hydrogens is 487 g/mol. The van der Waals surface area contributed by atoms with Crippen LogP contribution in [-0.4, -0.2) is 50.6 Å². The summed E-state index contributed by atoms with van der Waals surface area (Å²) in [5.74, 6) is -0.748. The van der Waals surface area contributed by atoms with Crippen LogP contribution < -0.4 is 10.5 Å². The number of fused-ring (bicyclic) bond motifs is 2. The Hall–Kier alpha value is -4.49. The molecule has 5 aromatic rings. The van der Waals surface area contributed by atoms with Crippen molar-refractivity contribution in [2.75, 3.05) is 26.7 Å². The molecular formula is C28H25FN6O3. The van der Waals surface area contributed by atoms with E-state index >= 15 is 4.39 Å². The molecule has 3 aromatic heterocycles. The van der Waals surface area contributed by atoms with Gasteiger partial charge in [-0.05, 0) is 38.1 Å². The molecule has 1 aliphatic rings. The van der Waals surface area contributed by atoms with Crippen molar-refractivity contribution in [3.05, 3.63) is 76.6 Å². The summed E-state index contributed by atoms with van der Waals surface area (Å²) in [5.41, 5.74) is 3.30. The fourth-order valence-electron chi connectivity index (χ4n) is 5.15. The van der Waals surface area contributed by atoms with E-state index in [2.05, 4.69) is 21.8 Å². The zero-order valence-electron chi connectivity index (χ0n) is 21.0. The van der Waals surface area contributed by atoms with E-state index in [4.69, 9.17) is 20.7 Å². The Labute approximate surface area is 217 Å². The molecule has 38 heavy (non-hydrogen) atoms. The number of ether oxygens (including phenoxy) is 1. The first kappa shape index (κ1) is 23.9. The summed E-state index contributed by atoms with van der Waals surface area (Å²) < 4.78 is 30.3. The third-order valence-electron chi connectivity index (χ3n) is 7.11. The first-order chi connectivity index (χ1) is 18.4. The molecule has 9 nitrogen and oxygen atoms in total. The second kappa shape index (κ2) is 9.43. The molecule has 0 radical (unpaired) electrons. The van der Waals surface area contributed by atoms with Crippen molar-refractivity contribution >= 4 is 22.4 Å². The average Bonchev–Trinajstić information content (AvgIpc) is 3.52. The lowest BCUT2D eigenvalue weighted by molar-refractivity contribution is 0.143. The standard InChI is InChI=1S/C28H25FN6O3/c1-30-19-8-6-18(7-9-19)25-24(20-13-23-22(14-21(20)29)34(3)28(36)38-23)26-31-10-12-35(26)27(32-25)37-16-17-5-4-11-33(2)15-17/h6-10,12-14,17H,4-5,11,15-16H2,2-3H3/t17-/m1/s1.